The van der Waals surface area contributed by atoms with Crippen LogP contribution in [0.25, 0.3) is 11.4 Å². The molecule has 5 heteroatoms. The van der Waals surface area contributed by atoms with E-state index in [0.717, 1.165) is 6.42 Å². The number of benzene rings is 1. The number of rotatable bonds is 3. The topological polar surface area (TPSA) is 71.8 Å². The van der Waals surface area contributed by atoms with Crippen LogP contribution in [0.2, 0.25) is 0 Å². The first kappa shape index (κ1) is 12.3. The number of halogens is 1. The lowest BCUT2D eigenvalue weighted by molar-refractivity contribution is 0.628. The highest BCUT2D eigenvalue weighted by Crippen LogP contribution is 2.17. The van der Waals surface area contributed by atoms with Gasteiger partial charge < -0.3 is 10.7 Å². The molecular weight excluding hydrogens is 233 g/mol. The molecule has 0 fully saturated rings. The van der Waals surface area contributed by atoms with E-state index in [1.165, 1.54) is 12.1 Å². The van der Waals surface area contributed by atoms with E-state index in [0.29, 0.717) is 17.5 Å². The zero-order chi connectivity index (χ0) is 13.1. The molecule has 18 heavy (non-hydrogen) atoms. The monoisotopic (exact) mass is 247 g/mol. The van der Waals surface area contributed by atoms with E-state index < -0.39 is 0 Å². The number of nitrogens with two attached hydrogens (primary N) is 1. The van der Waals surface area contributed by atoms with Crippen LogP contribution in [-0.4, -0.2) is 9.97 Å². The number of hydrogen-bond acceptors (Lipinski definition) is 3. The molecule has 0 aliphatic carbocycles. The first-order valence-corrected chi connectivity index (χ1v) is 5.76. The fraction of sp³-hybridized carbons (Fsp3) is 0.231. The van der Waals surface area contributed by atoms with Crippen molar-refractivity contribution in [1.29, 1.82) is 0 Å². The van der Waals surface area contributed by atoms with Gasteiger partial charge in [0.25, 0.3) is 5.56 Å². The highest BCUT2D eigenvalue weighted by atomic mass is 19.1. The van der Waals surface area contributed by atoms with Crippen molar-refractivity contribution in [3.63, 3.8) is 0 Å². The van der Waals surface area contributed by atoms with Crippen LogP contribution >= 0.6 is 0 Å². The maximum absolute atomic E-state index is 13.1. The Bertz CT molecular complexity index is 622. The van der Waals surface area contributed by atoms with Crippen molar-refractivity contribution < 1.29 is 4.39 Å². The normalized spacial score (nSPS) is 10.6. The molecule has 0 bridgehead atoms. The molecule has 0 saturated carbocycles. The molecule has 0 amide bonds. The number of aromatic amines is 1. The maximum atomic E-state index is 13.1. The van der Waals surface area contributed by atoms with E-state index in [4.69, 9.17) is 5.73 Å². The summed E-state index contributed by atoms with van der Waals surface area (Å²) < 4.78 is 13.1. The predicted octanol–water partition coefficient (Wildman–Crippen LogP) is 2.11. The van der Waals surface area contributed by atoms with E-state index in [1.54, 1.807) is 12.1 Å². The van der Waals surface area contributed by atoms with Crippen molar-refractivity contribution in [2.24, 2.45) is 0 Å². The number of hydrogen-bond donors (Lipinski definition) is 2. The lowest BCUT2D eigenvalue weighted by Crippen LogP contribution is -2.18. The Labute approximate surface area is 104 Å². The van der Waals surface area contributed by atoms with Gasteiger partial charge in [0.15, 0.2) is 0 Å². The van der Waals surface area contributed by atoms with E-state index in [1.807, 2.05) is 6.92 Å². The minimum Gasteiger partial charge on any atom is -0.383 e. The summed E-state index contributed by atoms with van der Waals surface area (Å²) in [6.45, 7) is 1.96. The third-order valence-corrected chi connectivity index (χ3v) is 2.65. The van der Waals surface area contributed by atoms with Crippen LogP contribution in [0.1, 0.15) is 18.9 Å². The number of H-pyrrole nitrogens is 1. The van der Waals surface area contributed by atoms with Gasteiger partial charge in [-0.1, -0.05) is 25.5 Å². The molecule has 0 spiro atoms. The quantitative estimate of drug-likeness (QED) is 0.872. The molecule has 1 aromatic carbocycles. The minimum absolute atomic E-state index is 0.208. The zero-order valence-electron chi connectivity index (χ0n) is 10.0. The highest BCUT2D eigenvalue weighted by molar-refractivity contribution is 5.57. The van der Waals surface area contributed by atoms with E-state index in [2.05, 4.69) is 9.97 Å². The van der Waals surface area contributed by atoms with Crippen molar-refractivity contribution in [2.75, 3.05) is 5.73 Å². The molecule has 3 N–H and O–H groups in total. The summed E-state index contributed by atoms with van der Waals surface area (Å²) in [6, 6.07) is 5.86. The van der Waals surface area contributed by atoms with Gasteiger partial charge in [-0.15, -0.1) is 0 Å². The average molecular weight is 247 g/mol. The maximum Gasteiger partial charge on any atom is 0.256 e. The van der Waals surface area contributed by atoms with Crippen LogP contribution in [0.4, 0.5) is 10.2 Å². The van der Waals surface area contributed by atoms with Gasteiger partial charge in [-0.05, 0) is 18.6 Å². The van der Waals surface area contributed by atoms with Crippen LogP contribution in [-0.2, 0) is 6.42 Å². The molecule has 0 aliphatic heterocycles. The molecular formula is C13H14FN3O. The summed E-state index contributed by atoms with van der Waals surface area (Å²) in [5.74, 6) is 0.114. The second-order valence-corrected chi connectivity index (χ2v) is 4.04. The molecule has 0 saturated heterocycles. The summed E-state index contributed by atoms with van der Waals surface area (Å²) in [7, 11) is 0. The van der Waals surface area contributed by atoms with Crippen LogP contribution in [0.3, 0.4) is 0 Å². The highest BCUT2D eigenvalue weighted by Gasteiger charge is 2.09. The van der Waals surface area contributed by atoms with Crippen molar-refractivity contribution in [3.05, 3.63) is 46.0 Å². The van der Waals surface area contributed by atoms with Crippen LogP contribution in [0.5, 0.6) is 0 Å². The molecule has 94 valence electrons. The van der Waals surface area contributed by atoms with Gasteiger partial charge in [0.2, 0.25) is 0 Å². The summed E-state index contributed by atoms with van der Waals surface area (Å²) in [5.41, 5.74) is 6.48. The lowest BCUT2D eigenvalue weighted by Gasteiger charge is -2.06. The fourth-order valence-electron chi connectivity index (χ4n) is 1.78. The van der Waals surface area contributed by atoms with Crippen molar-refractivity contribution >= 4 is 5.82 Å². The molecule has 2 rings (SSSR count). The van der Waals surface area contributed by atoms with Crippen molar-refractivity contribution in [2.45, 2.75) is 19.8 Å². The van der Waals surface area contributed by atoms with Gasteiger partial charge in [0, 0.05) is 5.56 Å². The summed E-state index contributed by atoms with van der Waals surface area (Å²) >= 11 is 0. The molecule has 0 aliphatic rings. The number of aromatic nitrogens is 2. The van der Waals surface area contributed by atoms with Crippen LogP contribution in [0.15, 0.2) is 29.1 Å². The lowest BCUT2D eigenvalue weighted by atomic mass is 10.1. The largest absolute Gasteiger partial charge is 0.383 e. The minimum atomic E-state index is -0.383. The fourth-order valence-corrected chi connectivity index (χ4v) is 1.78. The number of nitrogens with one attached hydrogen (secondary N) is 1. The summed E-state index contributed by atoms with van der Waals surface area (Å²) in [5, 5.41) is 0. The average Bonchev–Trinajstić information content (AvgIpc) is 2.33. The number of nitrogen functional groups attached to an aromatic ring is 1. The predicted molar refractivity (Wildman–Crippen MR) is 68.7 cm³/mol. The molecule has 4 nitrogen and oxygen atoms in total. The van der Waals surface area contributed by atoms with Gasteiger partial charge in [0.05, 0.1) is 5.56 Å². The molecule has 1 heterocycles. The summed E-state index contributed by atoms with van der Waals surface area (Å²) in [6.07, 6.45) is 1.39. The van der Waals surface area contributed by atoms with Crippen LogP contribution < -0.4 is 11.3 Å². The Morgan fingerprint density at radius 3 is 2.83 bits per heavy atom. The number of anilines is 1. The zero-order valence-corrected chi connectivity index (χ0v) is 10.0. The standard InChI is InChI=1S/C13H14FN3O/c1-2-4-10-11(15)16-12(17-13(10)18)8-5-3-6-9(14)7-8/h3,5-7H,2,4H2,1H3,(H3,15,16,17,18). The van der Waals surface area contributed by atoms with Crippen molar-refractivity contribution in [3.8, 4) is 11.4 Å². The smallest absolute Gasteiger partial charge is 0.256 e. The molecule has 1 aromatic heterocycles. The Kier molecular flexibility index (Phi) is 3.41. The van der Waals surface area contributed by atoms with Crippen LogP contribution in [0, 0.1) is 5.82 Å². The van der Waals surface area contributed by atoms with Gasteiger partial charge in [-0.3, -0.25) is 4.79 Å². The third kappa shape index (κ3) is 2.40. The Hall–Kier alpha value is -2.17. The Balaban J connectivity index is 2.51. The SMILES string of the molecule is CCCc1c(N)nc(-c2cccc(F)c2)[nH]c1=O. The van der Waals surface area contributed by atoms with Gasteiger partial charge >= 0.3 is 0 Å². The first-order chi connectivity index (χ1) is 8.61. The van der Waals surface area contributed by atoms with E-state index >= 15 is 0 Å². The first-order valence-electron chi connectivity index (χ1n) is 5.76. The Morgan fingerprint density at radius 1 is 1.44 bits per heavy atom. The van der Waals surface area contributed by atoms with Gasteiger partial charge in [0.1, 0.15) is 17.5 Å². The number of nitrogens with zero attached hydrogens (tertiary/aromatic N) is 1. The van der Waals surface area contributed by atoms with Crippen molar-refractivity contribution in [1.82, 2.24) is 9.97 Å². The Morgan fingerprint density at radius 2 is 2.22 bits per heavy atom. The molecule has 0 unspecified atom stereocenters. The molecule has 0 atom stereocenters. The van der Waals surface area contributed by atoms with Gasteiger partial charge in [-0.25, -0.2) is 9.37 Å². The second kappa shape index (κ2) is 5.00. The van der Waals surface area contributed by atoms with E-state index in [9.17, 15) is 9.18 Å². The second-order valence-electron chi connectivity index (χ2n) is 4.04. The summed E-state index contributed by atoms with van der Waals surface area (Å²) in [4.78, 5) is 18.6. The third-order valence-electron chi connectivity index (χ3n) is 2.65. The molecule has 0 radical (unpaired) electrons. The van der Waals surface area contributed by atoms with E-state index in [-0.39, 0.29) is 23.0 Å². The molecule has 2 aromatic rings. The van der Waals surface area contributed by atoms with Gasteiger partial charge in [-0.2, -0.15) is 0 Å².